The van der Waals surface area contributed by atoms with Crippen LogP contribution in [0.25, 0.3) is 94.1 Å². The van der Waals surface area contributed by atoms with Crippen LogP contribution in [-0.4, -0.2) is 14.5 Å². The summed E-state index contributed by atoms with van der Waals surface area (Å²) < 4.78 is 15.6. The van der Waals surface area contributed by atoms with Crippen molar-refractivity contribution in [2.45, 2.75) is 0 Å². The molecule has 0 atom stereocenters. The van der Waals surface area contributed by atoms with Crippen molar-refractivity contribution in [3.63, 3.8) is 0 Å². The van der Waals surface area contributed by atoms with Gasteiger partial charge in [0.15, 0.2) is 17.0 Å². The summed E-state index contributed by atoms with van der Waals surface area (Å²) in [6.45, 7) is 0. The van der Waals surface area contributed by atoms with Crippen molar-refractivity contribution in [2.24, 2.45) is 0 Å². The minimum absolute atomic E-state index is 0.595. The number of benzene rings is 6. The SMILES string of the molecule is c1ccc(-c2nc(-c3cccc4c3oc3c4ccc4c5ccccc5n(-c5ccccc5)c43)nc3c2oc2ccccc23)cc1. The van der Waals surface area contributed by atoms with Gasteiger partial charge in [-0.15, -0.1) is 0 Å². The third-order valence-corrected chi connectivity index (χ3v) is 8.82. The van der Waals surface area contributed by atoms with Gasteiger partial charge in [0.25, 0.3) is 0 Å². The normalized spacial score (nSPS) is 12.0. The Morgan fingerprint density at radius 1 is 0.467 bits per heavy atom. The number of hydrogen-bond donors (Lipinski definition) is 0. The lowest BCUT2D eigenvalue weighted by molar-refractivity contribution is 0.666. The van der Waals surface area contributed by atoms with Crippen LogP contribution in [0.5, 0.6) is 0 Å². The van der Waals surface area contributed by atoms with E-state index in [9.17, 15) is 0 Å². The summed E-state index contributed by atoms with van der Waals surface area (Å²) in [4.78, 5) is 10.3. The fraction of sp³-hybridized carbons (Fsp3) is 0. The summed E-state index contributed by atoms with van der Waals surface area (Å²) in [6, 6.07) is 47.8. The van der Waals surface area contributed by atoms with Crippen LogP contribution in [0.15, 0.2) is 148 Å². The Morgan fingerprint density at radius 3 is 2.02 bits per heavy atom. The molecular weight excluding hydrogens is 554 g/mol. The van der Waals surface area contributed by atoms with Crippen LogP contribution in [0.4, 0.5) is 0 Å². The van der Waals surface area contributed by atoms with Crippen LogP contribution >= 0.6 is 0 Å². The second-order valence-electron chi connectivity index (χ2n) is 11.3. The fourth-order valence-electron chi connectivity index (χ4n) is 6.83. The molecule has 0 spiro atoms. The van der Waals surface area contributed by atoms with Gasteiger partial charge in [0.2, 0.25) is 0 Å². The number of hydrogen-bond acceptors (Lipinski definition) is 4. The topological polar surface area (TPSA) is 57.0 Å². The van der Waals surface area contributed by atoms with Gasteiger partial charge in [0, 0.05) is 38.2 Å². The molecule has 0 bridgehead atoms. The Balaban J connectivity index is 1.31. The zero-order valence-corrected chi connectivity index (χ0v) is 23.9. The maximum absolute atomic E-state index is 6.95. The van der Waals surface area contributed by atoms with E-state index < -0.39 is 0 Å². The molecule has 45 heavy (non-hydrogen) atoms. The zero-order chi connectivity index (χ0) is 29.5. The van der Waals surface area contributed by atoms with Crippen LogP contribution in [0, 0.1) is 0 Å². The number of rotatable bonds is 3. The highest BCUT2D eigenvalue weighted by molar-refractivity contribution is 6.22. The summed E-state index contributed by atoms with van der Waals surface area (Å²) in [5.41, 5.74) is 9.69. The average molecular weight is 578 g/mol. The van der Waals surface area contributed by atoms with Crippen molar-refractivity contribution in [2.75, 3.05) is 0 Å². The number of nitrogens with zero attached hydrogens (tertiary/aromatic N) is 3. The third kappa shape index (κ3) is 3.43. The van der Waals surface area contributed by atoms with Crippen LogP contribution < -0.4 is 0 Å². The van der Waals surface area contributed by atoms with Crippen LogP contribution in [0.1, 0.15) is 0 Å². The van der Waals surface area contributed by atoms with Gasteiger partial charge in [0.05, 0.1) is 16.6 Å². The summed E-state index contributed by atoms with van der Waals surface area (Å²) in [6.07, 6.45) is 0. The lowest BCUT2D eigenvalue weighted by Gasteiger charge is -2.07. The van der Waals surface area contributed by atoms with Crippen LogP contribution in [-0.2, 0) is 0 Å². The van der Waals surface area contributed by atoms with Gasteiger partial charge in [0.1, 0.15) is 22.4 Å². The Bertz CT molecular complexity index is 2750. The molecule has 4 heterocycles. The smallest absolute Gasteiger partial charge is 0.180 e. The first-order valence-electron chi connectivity index (χ1n) is 15.0. The van der Waals surface area contributed by atoms with Crippen LogP contribution in [0.3, 0.4) is 0 Å². The Hall–Kier alpha value is -6.20. The van der Waals surface area contributed by atoms with Crippen molar-refractivity contribution in [3.05, 3.63) is 140 Å². The van der Waals surface area contributed by atoms with E-state index in [4.69, 9.17) is 18.8 Å². The number of para-hydroxylation sites is 4. The number of aromatic nitrogens is 3. The second kappa shape index (κ2) is 9.15. The van der Waals surface area contributed by atoms with Crippen molar-refractivity contribution in [1.82, 2.24) is 14.5 Å². The molecule has 0 fully saturated rings. The number of furan rings is 2. The summed E-state index contributed by atoms with van der Waals surface area (Å²) in [5, 5.41) is 5.37. The minimum Gasteiger partial charge on any atom is -0.453 e. The van der Waals surface area contributed by atoms with E-state index >= 15 is 0 Å². The van der Waals surface area contributed by atoms with Crippen molar-refractivity contribution in [3.8, 4) is 28.3 Å². The van der Waals surface area contributed by atoms with Crippen molar-refractivity contribution in [1.29, 1.82) is 0 Å². The zero-order valence-electron chi connectivity index (χ0n) is 23.9. The van der Waals surface area contributed by atoms with Gasteiger partial charge >= 0.3 is 0 Å². The Kier molecular flexibility index (Phi) is 4.93. The molecule has 5 nitrogen and oxygen atoms in total. The van der Waals surface area contributed by atoms with Crippen molar-refractivity contribution >= 4 is 65.8 Å². The predicted octanol–water partition coefficient (Wildman–Crippen LogP) is 10.7. The van der Waals surface area contributed by atoms with E-state index in [1.165, 1.54) is 5.39 Å². The highest BCUT2D eigenvalue weighted by Crippen LogP contribution is 2.43. The largest absolute Gasteiger partial charge is 0.453 e. The Labute approximate surface area is 256 Å². The summed E-state index contributed by atoms with van der Waals surface area (Å²) >= 11 is 0. The molecule has 10 rings (SSSR count). The predicted molar refractivity (Wildman–Crippen MR) is 182 cm³/mol. The van der Waals surface area contributed by atoms with E-state index in [1.54, 1.807) is 0 Å². The maximum atomic E-state index is 6.95. The first kappa shape index (κ1) is 24.3. The lowest BCUT2D eigenvalue weighted by atomic mass is 10.1. The quantitative estimate of drug-likeness (QED) is 0.210. The molecule has 0 aliphatic carbocycles. The fourth-order valence-corrected chi connectivity index (χ4v) is 6.83. The third-order valence-electron chi connectivity index (χ3n) is 8.82. The highest BCUT2D eigenvalue weighted by Gasteiger charge is 2.23. The standard InChI is InChI=1S/C40H23N3O2/c1-3-12-24(13-4-1)34-39-35(30-17-8-10-21-33(30)44-39)42-40(41-34)31-19-11-18-28-29-23-22-27-26-16-7-9-20-32(26)43(25-14-5-2-6-15-25)36(27)38(29)45-37(28)31/h1-23H. The molecule has 6 aromatic carbocycles. The van der Waals surface area contributed by atoms with Gasteiger partial charge in [-0.3, -0.25) is 0 Å². The molecule has 10 aromatic rings. The van der Waals surface area contributed by atoms with E-state index in [-0.39, 0.29) is 0 Å². The Morgan fingerprint density at radius 2 is 1.16 bits per heavy atom. The van der Waals surface area contributed by atoms with E-state index in [0.29, 0.717) is 11.4 Å². The molecule has 0 N–H and O–H groups in total. The lowest BCUT2D eigenvalue weighted by Crippen LogP contribution is -1.94. The minimum atomic E-state index is 0.595. The maximum Gasteiger partial charge on any atom is 0.180 e. The molecule has 0 saturated heterocycles. The summed E-state index contributed by atoms with van der Waals surface area (Å²) in [5.74, 6) is 0.595. The van der Waals surface area contributed by atoms with Gasteiger partial charge in [-0.1, -0.05) is 97.1 Å². The number of fused-ring (bicyclic) bond motifs is 10. The first-order chi connectivity index (χ1) is 22.3. The average Bonchev–Trinajstić information content (AvgIpc) is 3.78. The highest BCUT2D eigenvalue weighted by atomic mass is 16.3. The molecule has 5 heteroatoms. The van der Waals surface area contributed by atoms with Gasteiger partial charge in [-0.25, -0.2) is 9.97 Å². The summed E-state index contributed by atoms with van der Waals surface area (Å²) in [7, 11) is 0. The van der Waals surface area contributed by atoms with E-state index in [0.717, 1.165) is 77.4 Å². The molecule has 0 amide bonds. The van der Waals surface area contributed by atoms with Crippen molar-refractivity contribution < 1.29 is 8.83 Å². The van der Waals surface area contributed by atoms with Gasteiger partial charge < -0.3 is 13.4 Å². The molecular formula is C40H23N3O2. The van der Waals surface area contributed by atoms with E-state index in [2.05, 4.69) is 89.5 Å². The van der Waals surface area contributed by atoms with Gasteiger partial charge in [-0.05, 0) is 42.5 Å². The monoisotopic (exact) mass is 577 g/mol. The van der Waals surface area contributed by atoms with E-state index in [1.807, 2.05) is 54.6 Å². The molecule has 0 aliphatic heterocycles. The van der Waals surface area contributed by atoms with Gasteiger partial charge in [-0.2, -0.15) is 0 Å². The second-order valence-corrected chi connectivity index (χ2v) is 11.3. The first-order valence-corrected chi connectivity index (χ1v) is 15.0. The molecule has 210 valence electrons. The van der Waals surface area contributed by atoms with Crippen LogP contribution in [0.2, 0.25) is 0 Å². The molecule has 0 radical (unpaired) electrons. The molecule has 4 aromatic heterocycles. The molecule has 0 unspecified atom stereocenters. The molecule has 0 saturated carbocycles. The molecule has 0 aliphatic rings.